The van der Waals surface area contributed by atoms with Crippen LogP contribution in [0.3, 0.4) is 0 Å². The summed E-state index contributed by atoms with van der Waals surface area (Å²) in [4.78, 5) is 24.7. The second-order valence-corrected chi connectivity index (χ2v) is 9.09. The summed E-state index contributed by atoms with van der Waals surface area (Å²) in [6.45, 7) is 2.91. The first-order valence-electron chi connectivity index (χ1n) is 10.7. The van der Waals surface area contributed by atoms with E-state index in [1.807, 2.05) is 31.2 Å². The average molecular weight is 386 g/mol. The molecule has 0 unspecified atom stereocenters. The number of carbonyl (C=O) groups is 2. The van der Waals surface area contributed by atoms with Crippen molar-refractivity contribution < 1.29 is 19.1 Å². The monoisotopic (exact) mass is 385 g/mol. The van der Waals surface area contributed by atoms with Gasteiger partial charge in [0, 0.05) is 12.0 Å². The largest absolute Gasteiger partial charge is 0.490 e. The van der Waals surface area contributed by atoms with Crippen LogP contribution in [0.25, 0.3) is 0 Å². The van der Waals surface area contributed by atoms with Crippen molar-refractivity contribution in [3.05, 3.63) is 29.8 Å². The molecule has 1 N–H and O–H groups in total. The zero-order chi connectivity index (χ0) is 19.6. The molecule has 0 atom stereocenters. The van der Waals surface area contributed by atoms with Crippen LogP contribution in [0.15, 0.2) is 24.3 Å². The van der Waals surface area contributed by atoms with E-state index in [1.54, 1.807) is 0 Å². The van der Waals surface area contributed by atoms with E-state index in [-0.39, 0.29) is 30.3 Å². The van der Waals surface area contributed by atoms with Crippen molar-refractivity contribution in [3.8, 4) is 5.75 Å². The lowest BCUT2D eigenvalue weighted by atomic mass is 9.49. The summed E-state index contributed by atoms with van der Waals surface area (Å²) in [5, 5.41) is 3.02. The maximum atomic E-state index is 12.8. The van der Waals surface area contributed by atoms with E-state index < -0.39 is 0 Å². The molecule has 4 aliphatic rings. The summed E-state index contributed by atoms with van der Waals surface area (Å²) in [5.74, 6) is 2.89. The minimum atomic E-state index is -0.293. The standard InChI is InChI=1S/C23H31NO4/c1-16-3-2-4-20(9-16)27-7-8-28-21(25)5-6-24-22(26)23-13-17-10-18(14-23)12-19(11-17)15-23/h2-4,9,17-19H,5-8,10-15H2,1H3,(H,24,26). The highest BCUT2D eigenvalue weighted by Crippen LogP contribution is 2.60. The van der Waals surface area contributed by atoms with Crippen LogP contribution >= 0.6 is 0 Å². The molecule has 5 rings (SSSR count). The Labute approximate surface area is 167 Å². The lowest BCUT2D eigenvalue weighted by Gasteiger charge is -2.55. The van der Waals surface area contributed by atoms with Crippen molar-refractivity contribution in [2.75, 3.05) is 19.8 Å². The predicted molar refractivity (Wildman–Crippen MR) is 106 cm³/mol. The molecular formula is C23H31NO4. The number of hydrogen-bond donors (Lipinski definition) is 1. The molecule has 0 spiro atoms. The Balaban J connectivity index is 1.13. The third-order valence-electron chi connectivity index (χ3n) is 6.74. The van der Waals surface area contributed by atoms with Crippen LogP contribution in [0.4, 0.5) is 0 Å². The van der Waals surface area contributed by atoms with E-state index in [9.17, 15) is 9.59 Å². The van der Waals surface area contributed by atoms with E-state index in [1.165, 1.54) is 19.3 Å². The van der Waals surface area contributed by atoms with E-state index in [0.717, 1.165) is 48.3 Å². The normalized spacial score (nSPS) is 30.1. The third-order valence-corrected chi connectivity index (χ3v) is 6.74. The van der Waals surface area contributed by atoms with Gasteiger partial charge < -0.3 is 14.8 Å². The summed E-state index contributed by atoms with van der Waals surface area (Å²) < 4.78 is 10.8. The second-order valence-electron chi connectivity index (χ2n) is 9.09. The van der Waals surface area contributed by atoms with Crippen molar-refractivity contribution in [2.24, 2.45) is 23.2 Å². The van der Waals surface area contributed by atoms with Gasteiger partial charge in [-0.05, 0) is 80.9 Å². The molecule has 0 radical (unpaired) electrons. The molecule has 28 heavy (non-hydrogen) atoms. The van der Waals surface area contributed by atoms with Gasteiger partial charge in [-0.25, -0.2) is 0 Å². The molecule has 5 heteroatoms. The number of hydrogen-bond acceptors (Lipinski definition) is 4. The van der Waals surface area contributed by atoms with Gasteiger partial charge in [-0.3, -0.25) is 9.59 Å². The van der Waals surface area contributed by atoms with E-state index >= 15 is 0 Å². The summed E-state index contributed by atoms with van der Waals surface area (Å²) in [5.41, 5.74) is 0.976. The first kappa shape index (κ1) is 19.3. The average Bonchev–Trinajstić information content (AvgIpc) is 2.64. The highest BCUT2D eigenvalue weighted by atomic mass is 16.6. The summed E-state index contributed by atoms with van der Waals surface area (Å²) in [7, 11) is 0. The Morgan fingerprint density at radius 2 is 1.75 bits per heavy atom. The first-order chi connectivity index (χ1) is 13.5. The summed E-state index contributed by atoms with van der Waals surface area (Å²) in [6, 6.07) is 7.77. The van der Waals surface area contributed by atoms with Gasteiger partial charge in [0.2, 0.25) is 5.91 Å². The minimum Gasteiger partial charge on any atom is -0.490 e. The highest BCUT2D eigenvalue weighted by molar-refractivity contribution is 5.83. The van der Waals surface area contributed by atoms with Crippen molar-refractivity contribution in [1.82, 2.24) is 5.32 Å². The Kier molecular flexibility index (Phi) is 5.61. The molecule has 0 heterocycles. The lowest BCUT2D eigenvalue weighted by Crippen LogP contribution is -2.53. The molecule has 5 nitrogen and oxygen atoms in total. The van der Waals surface area contributed by atoms with E-state index in [2.05, 4.69) is 5.32 Å². The van der Waals surface area contributed by atoms with Crippen molar-refractivity contribution >= 4 is 11.9 Å². The molecule has 4 aliphatic carbocycles. The Hall–Kier alpha value is -2.04. The number of carbonyl (C=O) groups excluding carboxylic acids is 2. The fraction of sp³-hybridized carbons (Fsp3) is 0.652. The molecule has 0 aliphatic heterocycles. The van der Waals surface area contributed by atoms with Crippen LogP contribution in [-0.2, 0) is 14.3 Å². The van der Waals surface area contributed by atoms with Gasteiger partial charge in [0.05, 0.1) is 6.42 Å². The van der Waals surface area contributed by atoms with Gasteiger partial charge in [0.25, 0.3) is 0 Å². The van der Waals surface area contributed by atoms with Gasteiger partial charge in [0.1, 0.15) is 19.0 Å². The Morgan fingerprint density at radius 3 is 2.39 bits per heavy atom. The molecule has 0 saturated heterocycles. The first-order valence-corrected chi connectivity index (χ1v) is 10.7. The van der Waals surface area contributed by atoms with Crippen LogP contribution in [0.2, 0.25) is 0 Å². The maximum Gasteiger partial charge on any atom is 0.307 e. The van der Waals surface area contributed by atoms with E-state index in [4.69, 9.17) is 9.47 Å². The predicted octanol–water partition coefficient (Wildman–Crippen LogP) is 3.64. The van der Waals surface area contributed by atoms with Gasteiger partial charge in [-0.1, -0.05) is 12.1 Å². The second kappa shape index (κ2) is 8.14. The zero-order valence-electron chi connectivity index (χ0n) is 16.7. The number of esters is 1. The number of benzene rings is 1. The molecule has 152 valence electrons. The number of amides is 1. The van der Waals surface area contributed by atoms with Crippen LogP contribution in [0.5, 0.6) is 5.75 Å². The van der Waals surface area contributed by atoms with Crippen LogP contribution in [0, 0.1) is 30.1 Å². The topological polar surface area (TPSA) is 64.6 Å². The molecule has 4 bridgehead atoms. The van der Waals surface area contributed by atoms with Gasteiger partial charge >= 0.3 is 5.97 Å². The number of nitrogens with one attached hydrogen (secondary N) is 1. The quantitative estimate of drug-likeness (QED) is 0.548. The number of ether oxygens (including phenoxy) is 2. The third kappa shape index (κ3) is 4.34. The van der Waals surface area contributed by atoms with E-state index in [0.29, 0.717) is 13.2 Å². The molecule has 4 fully saturated rings. The Morgan fingerprint density at radius 1 is 1.07 bits per heavy atom. The Bertz CT molecular complexity index is 694. The van der Waals surface area contributed by atoms with Gasteiger partial charge in [0.15, 0.2) is 0 Å². The van der Waals surface area contributed by atoms with Crippen LogP contribution in [0.1, 0.15) is 50.5 Å². The summed E-state index contributed by atoms with van der Waals surface area (Å²) in [6.07, 6.45) is 7.32. The smallest absolute Gasteiger partial charge is 0.307 e. The molecule has 0 aromatic heterocycles. The van der Waals surface area contributed by atoms with Gasteiger partial charge in [-0.2, -0.15) is 0 Å². The fourth-order valence-corrected chi connectivity index (χ4v) is 5.95. The minimum absolute atomic E-state index is 0.152. The zero-order valence-corrected chi connectivity index (χ0v) is 16.7. The SMILES string of the molecule is Cc1cccc(OCCOC(=O)CCNC(=O)C23CC4CC(CC(C4)C2)C3)c1. The van der Waals surface area contributed by atoms with Crippen LogP contribution < -0.4 is 10.1 Å². The van der Waals surface area contributed by atoms with Crippen molar-refractivity contribution in [1.29, 1.82) is 0 Å². The molecule has 1 aromatic rings. The van der Waals surface area contributed by atoms with Crippen molar-refractivity contribution in [3.63, 3.8) is 0 Å². The molecule has 4 saturated carbocycles. The number of rotatable bonds is 8. The fourth-order valence-electron chi connectivity index (χ4n) is 5.95. The molecule has 1 aromatic carbocycles. The highest BCUT2D eigenvalue weighted by Gasteiger charge is 2.54. The summed E-state index contributed by atoms with van der Waals surface area (Å²) >= 11 is 0. The van der Waals surface area contributed by atoms with Crippen molar-refractivity contribution in [2.45, 2.75) is 51.9 Å². The molecular weight excluding hydrogens is 354 g/mol. The maximum absolute atomic E-state index is 12.8. The van der Waals surface area contributed by atoms with Crippen LogP contribution in [-0.4, -0.2) is 31.6 Å². The molecule has 1 amide bonds. The number of aryl methyl sites for hydroxylation is 1. The van der Waals surface area contributed by atoms with Gasteiger partial charge in [-0.15, -0.1) is 0 Å². The lowest BCUT2D eigenvalue weighted by molar-refractivity contribution is -0.147.